The third-order valence-corrected chi connectivity index (χ3v) is 3.86. The first kappa shape index (κ1) is 14.5. The SMILES string of the molecule is c1cc2c(cc1OCCOCCC1CCCCN1)OCO2. The number of hydrogen-bond acceptors (Lipinski definition) is 5. The fourth-order valence-electron chi connectivity index (χ4n) is 2.68. The zero-order valence-corrected chi connectivity index (χ0v) is 12.3. The van der Waals surface area contributed by atoms with E-state index in [1.807, 2.05) is 18.2 Å². The zero-order valence-electron chi connectivity index (χ0n) is 12.3. The van der Waals surface area contributed by atoms with Crippen molar-refractivity contribution in [2.24, 2.45) is 0 Å². The first-order valence-electron chi connectivity index (χ1n) is 7.75. The molecule has 1 saturated heterocycles. The molecule has 3 rings (SSSR count). The highest BCUT2D eigenvalue weighted by molar-refractivity contribution is 5.46. The minimum absolute atomic E-state index is 0.289. The molecule has 5 heteroatoms. The van der Waals surface area contributed by atoms with Crippen LogP contribution in [0.5, 0.6) is 17.2 Å². The number of nitrogens with one attached hydrogen (secondary N) is 1. The summed E-state index contributed by atoms with van der Waals surface area (Å²) in [5, 5.41) is 3.52. The molecule has 2 aliphatic heterocycles. The second-order valence-electron chi connectivity index (χ2n) is 5.41. The quantitative estimate of drug-likeness (QED) is 0.782. The van der Waals surface area contributed by atoms with Gasteiger partial charge in [0.2, 0.25) is 6.79 Å². The predicted molar refractivity (Wildman–Crippen MR) is 79.1 cm³/mol. The van der Waals surface area contributed by atoms with Crippen molar-refractivity contribution in [2.45, 2.75) is 31.7 Å². The molecule has 0 saturated carbocycles. The van der Waals surface area contributed by atoms with E-state index >= 15 is 0 Å². The molecule has 0 aromatic heterocycles. The molecular formula is C16H23NO4. The molecule has 116 valence electrons. The Kier molecular flexibility index (Phi) is 5.18. The summed E-state index contributed by atoms with van der Waals surface area (Å²) < 4.78 is 21.8. The summed E-state index contributed by atoms with van der Waals surface area (Å²) in [5.74, 6) is 2.31. The Bertz CT molecular complexity index is 446. The molecule has 0 amide bonds. The number of ether oxygens (including phenoxy) is 4. The summed E-state index contributed by atoms with van der Waals surface area (Å²) in [6, 6.07) is 6.25. The summed E-state index contributed by atoms with van der Waals surface area (Å²) in [6.07, 6.45) is 5.01. The first-order chi connectivity index (χ1) is 10.4. The van der Waals surface area contributed by atoms with Gasteiger partial charge in [0.1, 0.15) is 12.4 Å². The smallest absolute Gasteiger partial charge is 0.231 e. The monoisotopic (exact) mass is 293 g/mol. The Balaban J connectivity index is 1.28. The maximum Gasteiger partial charge on any atom is 0.231 e. The normalized spacial score (nSPS) is 20.5. The number of rotatable bonds is 7. The molecule has 0 spiro atoms. The molecule has 1 atom stereocenters. The van der Waals surface area contributed by atoms with E-state index in [1.165, 1.54) is 19.3 Å². The van der Waals surface area contributed by atoms with Gasteiger partial charge in [-0.2, -0.15) is 0 Å². The lowest BCUT2D eigenvalue weighted by Gasteiger charge is -2.23. The van der Waals surface area contributed by atoms with Crippen LogP contribution in [-0.2, 0) is 4.74 Å². The van der Waals surface area contributed by atoms with Crippen LogP contribution in [0.25, 0.3) is 0 Å². The minimum atomic E-state index is 0.289. The summed E-state index contributed by atoms with van der Waals surface area (Å²) in [5.41, 5.74) is 0. The van der Waals surface area contributed by atoms with Gasteiger partial charge in [0.05, 0.1) is 6.61 Å². The Labute approximate surface area is 125 Å². The predicted octanol–water partition coefficient (Wildman–Crippen LogP) is 2.34. The van der Waals surface area contributed by atoms with Crippen molar-refractivity contribution in [1.29, 1.82) is 0 Å². The topological polar surface area (TPSA) is 49.0 Å². The fourth-order valence-corrected chi connectivity index (χ4v) is 2.68. The molecule has 1 N–H and O–H groups in total. The second kappa shape index (κ2) is 7.52. The summed E-state index contributed by atoms with van der Waals surface area (Å²) >= 11 is 0. The average Bonchev–Trinajstić information content (AvgIpc) is 2.99. The van der Waals surface area contributed by atoms with Gasteiger partial charge in [-0.05, 0) is 37.9 Å². The van der Waals surface area contributed by atoms with Crippen LogP contribution in [0.4, 0.5) is 0 Å². The van der Waals surface area contributed by atoms with Gasteiger partial charge in [-0.15, -0.1) is 0 Å². The van der Waals surface area contributed by atoms with Gasteiger partial charge in [-0.3, -0.25) is 0 Å². The van der Waals surface area contributed by atoms with Crippen LogP contribution in [0.1, 0.15) is 25.7 Å². The molecule has 2 heterocycles. The number of fused-ring (bicyclic) bond motifs is 1. The molecule has 21 heavy (non-hydrogen) atoms. The third-order valence-electron chi connectivity index (χ3n) is 3.86. The average molecular weight is 293 g/mol. The molecular weight excluding hydrogens is 270 g/mol. The number of piperidine rings is 1. The minimum Gasteiger partial charge on any atom is -0.491 e. The van der Waals surface area contributed by atoms with Crippen LogP contribution < -0.4 is 19.5 Å². The zero-order chi connectivity index (χ0) is 14.3. The van der Waals surface area contributed by atoms with Crippen molar-refractivity contribution < 1.29 is 18.9 Å². The van der Waals surface area contributed by atoms with Gasteiger partial charge in [0.15, 0.2) is 11.5 Å². The number of hydrogen-bond donors (Lipinski definition) is 1. The lowest BCUT2D eigenvalue weighted by molar-refractivity contribution is 0.0910. The molecule has 2 aliphatic rings. The highest BCUT2D eigenvalue weighted by Gasteiger charge is 2.14. The van der Waals surface area contributed by atoms with Crippen molar-refractivity contribution in [2.75, 3.05) is 33.2 Å². The van der Waals surface area contributed by atoms with E-state index in [0.29, 0.717) is 19.3 Å². The Morgan fingerprint density at radius 1 is 1.10 bits per heavy atom. The van der Waals surface area contributed by atoms with Crippen molar-refractivity contribution >= 4 is 0 Å². The van der Waals surface area contributed by atoms with Crippen molar-refractivity contribution in [3.05, 3.63) is 18.2 Å². The van der Waals surface area contributed by atoms with Crippen LogP contribution in [0, 0.1) is 0 Å². The standard InChI is InChI=1S/C16H23NO4/c1-2-7-17-13(3-1)6-8-18-9-10-19-14-4-5-15-16(11-14)21-12-20-15/h4-5,11,13,17H,1-3,6-10,12H2. The molecule has 5 nitrogen and oxygen atoms in total. The molecule has 0 bridgehead atoms. The van der Waals surface area contributed by atoms with E-state index < -0.39 is 0 Å². The van der Waals surface area contributed by atoms with Gasteiger partial charge in [-0.1, -0.05) is 6.42 Å². The fraction of sp³-hybridized carbons (Fsp3) is 0.625. The van der Waals surface area contributed by atoms with E-state index in [0.717, 1.165) is 36.8 Å². The second-order valence-corrected chi connectivity index (χ2v) is 5.41. The summed E-state index contributed by atoms with van der Waals surface area (Å²) in [7, 11) is 0. The molecule has 1 unspecified atom stereocenters. The van der Waals surface area contributed by atoms with Crippen LogP contribution in [0.15, 0.2) is 18.2 Å². The van der Waals surface area contributed by atoms with Crippen LogP contribution in [-0.4, -0.2) is 39.2 Å². The Morgan fingerprint density at radius 3 is 2.95 bits per heavy atom. The molecule has 1 fully saturated rings. The van der Waals surface area contributed by atoms with Gasteiger partial charge < -0.3 is 24.3 Å². The molecule has 1 aromatic carbocycles. The van der Waals surface area contributed by atoms with E-state index in [4.69, 9.17) is 18.9 Å². The maximum atomic E-state index is 5.65. The van der Waals surface area contributed by atoms with E-state index in [-0.39, 0.29) is 6.79 Å². The summed E-state index contributed by atoms with van der Waals surface area (Å²) in [4.78, 5) is 0. The highest BCUT2D eigenvalue weighted by atomic mass is 16.7. The largest absolute Gasteiger partial charge is 0.491 e. The lowest BCUT2D eigenvalue weighted by Crippen LogP contribution is -2.34. The van der Waals surface area contributed by atoms with Gasteiger partial charge in [0.25, 0.3) is 0 Å². The van der Waals surface area contributed by atoms with Crippen LogP contribution in [0.2, 0.25) is 0 Å². The lowest BCUT2D eigenvalue weighted by atomic mass is 10.0. The van der Waals surface area contributed by atoms with Crippen molar-refractivity contribution in [1.82, 2.24) is 5.32 Å². The first-order valence-corrected chi connectivity index (χ1v) is 7.75. The van der Waals surface area contributed by atoms with Gasteiger partial charge >= 0.3 is 0 Å². The molecule has 0 aliphatic carbocycles. The number of benzene rings is 1. The third kappa shape index (κ3) is 4.25. The van der Waals surface area contributed by atoms with E-state index in [2.05, 4.69) is 5.32 Å². The Hall–Kier alpha value is -1.46. The molecule has 1 aromatic rings. The van der Waals surface area contributed by atoms with Crippen LogP contribution in [0.3, 0.4) is 0 Å². The highest BCUT2D eigenvalue weighted by Crippen LogP contribution is 2.34. The van der Waals surface area contributed by atoms with E-state index in [1.54, 1.807) is 0 Å². The Morgan fingerprint density at radius 2 is 2.05 bits per heavy atom. The van der Waals surface area contributed by atoms with Crippen molar-refractivity contribution in [3.8, 4) is 17.2 Å². The summed E-state index contributed by atoms with van der Waals surface area (Å²) in [6.45, 7) is 3.40. The maximum absolute atomic E-state index is 5.65. The van der Waals surface area contributed by atoms with E-state index in [9.17, 15) is 0 Å². The molecule has 0 radical (unpaired) electrons. The van der Waals surface area contributed by atoms with Crippen LogP contribution >= 0.6 is 0 Å². The van der Waals surface area contributed by atoms with Crippen molar-refractivity contribution in [3.63, 3.8) is 0 Å². The van der Waals surface area contributed by atoms with Gasteiger partial charge in [-0.25, -0.2) is 0 Å². The van der Waals surface area contributed by atoms with Gasteiger partial charge in [0, 0.05) is 18.7 Å².